The second-order valence-electron chi connectivity index (χ2n) is 5.40. The van der Waals surface area contributed by atoms with Crippen molar-refractivity contribution in [3.8, 4) is 0 Å². The van der Waals surface area contributed by atoms with Gasteiger partial charge in [0.25, 0.3) is 0 Å². The first-order valence-corrected chi connectivity index (χ1v) is 7.82. The van der Waals surface area contributed by atoms with Crippen LogP contribution in [0.25, 0.3) is 6.08 Å². The van der Waals surface area contributed by atoms with Crippen molar-refractivity contribution < 1.29 is 19.0 Å². The van der Waals surface area contributed by atoms with Gasteiger partial charge in [-0.05, 0) is 37.5 Å². The summed E-state index contributed by atoms with van der Waals surface area (Å²) in [4.78, 5) is 11.5. The number of aryl methyl sites for hydroxylation is 1. The highest BCUT2D eigenvalue weighted by atomic mass is 16.6. The van der Waals surface area contributed by atoms with E-state index in [1.54, 1.807) is 13.0 Å². The highest BCUT2D eigenvalue weighted by Crippen LogP contribution is 2.28. The maximum atomic E-state index is 11.5. The molecule has 1 heterocycles. The van der Waals surface area contributed by atoms with Gasteiger partial charge in [-0.15, -0.1) is 0 Å². The molecule has 1 aliphatic rings. The van der Waals surface area contributed by atoms with Gasteiger partial charge in [0.1, 0.15) is 6.10 Å². The second kappa shape index (κ2) is 8.11. The van der Waals surface area contributed by atoms with E-state index in [0.717, 1.165) is 29.7 Å². The number of esters is 1. The molecule has 1 fully saturated rings. The number of hydrogen-bond acceptors (Lipinski definition) is 4. The van der Waals surface area contributed by atoms with Crippen LogP contribution in [0.15, 0.2) is 24.3 Å². The number of rotatable bonds is 8. The summed E-state index contributed by atoms with van der Waals surface area (Å²) >= 11 is 0. The summed E-state index contributed by atoms with van der Waals surface area (Å²) in [6.45, 7) is 7.71. The van der Waals surface area contributed by atoms with E-state index in [0.29, 0.717) is 13.2 Å². The lowest BCUT2D eigenvalue weighted by molar-refractivity contribution is -0.137. The molecule has 2 rings (SSSR count). The minimum absolute atomic E-state index is 0.00615. The molecule has 1 aromatic rings. The Labute approximate surface area is 132 Å². The molecule has 4 nitrogen and oxygen atoms in total. The molecule has 0 radical (unpaired) electrons. The van der Waals surface area contributed by atoms with Gasteiger partial charge in [-0.1, -0.05) is 30.7 Å². The Kier molecular flexibility index (Phi) is 6.16. The van der Waals surface area contributed by atoms with Crippen molar-refractivity contribution >= 4 is 12.0 Å². The molecule has 0 N–H and O–H groups in total. The fourth-order valence-electron chi connectivity index (χ4n) is 2.30. The summed E-state index contributed by atoms with van der Waals surface area (Å²) in [5.41, 5.74) is 3.23. The molecule has 0 saturated carbocycles. The third kappa shape index (κ3) is 4.97. The zero-order valence-corrected chi connectivity index (χ0v) is 13.5. The zero-order valence-electron chi connectivity index (χ0n) is 13.5. The summed E-state index contributed by atoms with van der Waals surface area (Å²) < 4.78 is 16.1. The summed E-state index contributed by atoms with van der Waals surface area (Å²) in [7, 11) is 0. The van der Waals surface area contributed by atoms with Crippen LogP contribution in [-0.4, -0.2) is 31.9 Å². The van der Waals surface area contributed by atoms with Crippen LogP contribution in [0.1, 0.15) is 43.1 Å². The topological polar surface area (TPSA) is 48.1 Å². The van der Waals surface area contributed by atoms with Crippen molar-refractivity contribution in [1.29, 1.82) is 0 Å². The molecule has 1 saturated heterocycles. The van der Waals surface area contributed by atoms with Gasteiger partial charge in [-0.25, -0.2) is 4.79 Å². The van der Waals surface area contributed by atoms with Gasteiger partial charge in [0.05, 0.1) is 25.9 Å². The standard InChI is InChI=1S/C18H24O4/c1-4-17(22-12-15-11-21-15)16-8-6-13(3)10-14(16)7-9-18(19)20-5-2/h6-10,15,17H,4-5,11-12H2,1-3H3/b9-7+/t15-,17?/m1/s1. The monoisotopic (exact) mass is 304 g/mol. The average Bonchev–Trinajstić information content (AvgIpc) is 3.32. The van der Waals surface area contributed by atoms with E-state index >= 15 is 0 Å². The first-order valence-electron chi connectivity index (χ1n) is 7.82. The van der Waals surface area contributed by atoms with Crippen LogP contribution in [0.3, 0.4) is 0 Å². The lowest BCUT2D eigenvalue weighted by Crippen LogP contribution is -2.10. The Bertz CT molecular complexity index is 532. The van der Waals surface area contributed by atoms with Gasteiger partial charge < -0.3 is 14.2 Å². The normalized spacial score (nSPS) is 18.4. The average molecular weight is 304 g/mol. The number of hydrogen-bond donors (Lipinski definition) is 0. The summed E-state index contributed by atoms with van der Waals surface area (Å²) in [6, 6.07) is 6.20. The minimum Gasteiger partial charge on any atom is -0.463 e. The van der Waals surface area contributed by atoms with E-state index in [1.165, 1.54) is 6.08 Å². The van der Waals surface area contributed by atoms with Crippen LogP contribution < -0.4 is 0 Å². The van der Waals surface area contributed by atoms with Crippen LogP contribution in [0.2, 0.25) is 0 Å². The summed E-state index contributed by atoms with van der Waals surface area (Å²) in [5.74, 6) is -0.324. The van der Waals surface area contributed by atoms with E-state index in [2.05, 4.69) is 25.1 Å². The maximum absolute atomic E-state index is 11.5. The van der Waals surface area contributed by atoms with Crippen molar-refractivity contribution in [2.24, 2.45) is 0 Å². The second-order valence-corrected chi connectivity index (χ2v) is 5.40. The lowest BCUT2D eigenvalue weighted by atomic mass is 9.98. The Morgan fingerprint density at radius 1 is 1.45 bits per heavy atom. The molecule has 0 bridgehead atoms. The van der Waals surface area contributed by atoms with E-state index in [1.807, 2.05) is 6.92 Å². The molecule has 22 heavy (non-hydrogen) atoms. The molecule has 1 aliphatic heterocycles. The fraction of sp³-hybridized carbons (Fsp3) is 0.500. The highest BCUT2D eigenvalue weighted by Gasteiger charge is 2.24. The fourth-order valence-corrected chi connectivity index (χ4v) is 2.30. The molecular weight excluding hydrogens is 280 g/mol. The van der Waals surface area contributed by atoms with Gasteiger partial charge in [0.2, 0.25) is 0 Å². The smallest absolute Gasteiger partial charge is 0.330 e. The molecule has 0 spiro atoms. The van der Waals surface area contributed by atoms with Gasteiger partial charge in [0, 0.05) is 6.08 Å². The van der Waals surface area contributed by atoms with Gasteiger partial charge >= 0.3 is 5.97 Å². The van der Waals surface area contributed by atoms with Crippen molar-refractivity contribution in [2.75, 3.05) is 19.8 Å². The molecule has 0 aliphatic carbocycles. The number of ether oxygens (including phenoxy) is 3. The van der Waals surface area contributed by atoms with E-state index in [4.69, 9.17) is 14.2 Å². The number of benzene rings is 1. The van der Waals surface area contributed by atoms with Gasteiger partial charge in [0.15, 0.2) is 0 Å². The van der Waals surface area contributed by atoms with E-state index < -0.39 is 0 Å². The molecular formula is C18H24O4. The SMILES string of the molecule is CCOC(=O)/C=C/c1cc(C)ccc1C(CC)OC[C@H]1CO1. The lowest BCUT2D eigenvalue weighted by Gasteiger charge is -2.19. The number of epoxide rings is 1. The summed E-state index contributed by atoms with van der Waals surface area (Å²) in [6.07, 6.45) is 4.40. The van der Waals surface area contributed by atoms with Crippen LogP contribution in [-0.2, 0) is 19.0 Å². The quantitative estimate of drug-likeness (QED) is 0.419. The molecule has 0 amide bonds. The van der Waals surface area contributed by atoms with Crippen LogP contribution in [0, 0.1) is 6.92 Å². The van der Waals surface area contributed by atoms with Crippen LogP contribution in [0.5, 0.6) is 0 Å². The Balaban J connectivity index is 2.15. The first kappa shape index (κ1) is 16.7. The molecule has 1 unspecified atom stereocenters. The molecule has 4 heteroatoms. The van der Waals surface area contributed by atoms with Crippen molar-refractivity contribution in [2.45, 2.75) is 39.4 Å². The first-order chi connectivity index (χ1) is 10.6. The third-order valence-corrected chi connectivity index (χ3v) is 3.53. The molecule has 0 aromatic heterocycles. The van der Waals surface area contributed by atoms with Crippen molar-refractivity contribution in [3.05, 3.63) is 41.0 Å². The van der Waals surface area contributed by atoms with Crippen molar-refractivity contribution in [3.63, 3.8) is 0 Å². The van der Waals surface area contributed by atoms with Gasteiger partial charge in [-0.2, -0.15) is 0 Å². The third-order valence-electron chi connectivity index (χ3n) is 3.53. The number of carbonyl (C=O) groups is 1. The zero-order chi connectivity index (χ0) is 15.9. The molecule has 2 atom stereocenters. The van der Waals surface area contributed by atoms with Crippen LogP contribution in [0.4, 0.5) is 0 Å². The Morgan fingerprint density at radius 2 is 2.23 bits per heavy atom. The molecule has 1 aromatic carbocycles. The van der Waals surface area contributed by atoms with Crippen LogP contribution >= 0.6 is 0 Å². The Morgan fingerprint density at radius 3 is 2.86 bits per heavy atom. The number of carbonyl (C=O) groups excluding carboxylic acids is 1. The van der Waals surface area contributed by atoms with Crippen molar-refractivity contribution in [1.82, 2.24) is 0 Å². The predicted molar refractivity (Wildman–Crippen MR) is 85.6 cm³/mol. The largest absolute Gasteiger partial charge is 0.463 e. The predicted octanol–water partition coefficient (Wildman–Crippen LogP) is 3.44. The summed E-state index contributed by atoms with van der Waals surface area (Å²) in [5, 5.41) is 0. The van der Waals surface area contributed by atoms with E-state index in [-0.39, 0.29) is 18.2 Å². The maximum Gasteiger partial charge on any atom is 0.330 e. The molecule has 120 valence electrons. The highest BCUT2D eigenvalue weighted by molar-refractivity contribution is 5.87. The van der Waals surface area contributed by atoms with E-state index in [9.17, 15) is 4.79 Å². The van der Waals surface area contributed by atoms with Gasteiger partial charge in [-0.3, -0.25) is 0 Å². The minimum atomic E-state index is -0.324. The Hall–Kier alpha value is -1.65.